The molecule has 0 radical (unpaired) electrons. The van der Waals surface area contributed by atoms with Gasteiger partial charge in [-0.25, -0.2) is 4.98 Å². The average molecular weight is 233 g/mol. The van der Waals surface area contributed by atoms with Gasteiger partial charge >= 0.3 is 0 Å². The molecule has 0 amide bonds. The lowest BCUT2D eigenvalue weighted by molar-refractivity contribution is 0.771. The molecule has 0 aliphatic rings. The van der Waals surface area contributed by atoms with Gasteiger partial charge in [0.05, 0.1) is 11.0 Å². The molecule has 1 aromatic carbocycles. The van der Waals surface area contributed by atoms with Crippen LogP contribution in [-0.4, -0.2) is 19.7 Å². The van der Waals surface area contributed by atoms with Crippen LogP contribution in [0.5, 0.6) is 0 Å². The van der Waals surface area contributed by atoms with Crippen molar-refractivity contribution in [1.82, 2.24) is 19.7 Å². The van der Waals surface area contributed by atoms with Crippen molar-refractivity contribution in [3.8, 4) is 11.5 Å². The van der Waals surface area contributed by atoms with Gasteiger partial charge in [-0.3, -0.25) is 4.68 Å². The number of aromatic nitrogens is 4. The molecule has 5 heteroatoms. The van der Waals surface area contributed by atoms with E-state index in [0.717, 1.165) is 22.6 Å². The van der Waals surface area contributed by atoms with Gasteiger partial charge in [-0.15, -0.1) is 0 Å². The topological polar surface area (TPSA) is 46.5 Å². The second kappa shape index (κ2) is 3.35. The third-order valence-corrected chi connectivity index (χ3v) is 2.74. The summed E-state index contributed by atoms with van der Waals surface area (Å²) in [5.74, 6) is 0.803. The van der Waals surface area contributed by atoms with Crippen molar-refractivity contribution in [2.75, 3.05) is 0 Å². The monoisotopic (exact) mass is 232 g/mol. The maximum Gasteiger partial charge on any atom is 0.156 e. The van der Waals surface area contributed by atoms with Crippen molar-refractivity contribution in [3.63, 3.8) is 0 Å². The van der Waals surface area contributed by atoms with Crippen LogP contribution in [0.25, 0.3) is 22.6 Å². The SMILES string of the molecule is Cn1nccc1-c1nc2ccc(Cl)cc2[nH]1. The van der Waals surface area contributed by atoms with Crippen LogP contribution in [0.3, 0.4) is 0 Å². The fourth-order valence-electron chi connectivity index (χ4n) is 1.71. The Hall–Kier alpha value is -1.81. The lowest BCUT2D eigenvalue weighted by Gasteiger charge is -1.95. The van der Waals surface area contributed by atoms with Crippen molar-refractivity contribution in [2.24, 2.45) is 7.05 Å². The number of hydrogen-bond donors (Lipinski definition) is 1. The largest absolute Gasteiger partial charge is 0.337 e. The summed E-state index contributed by atoms with van der Waals surface area (Å²) in [6.45, 7) is 0. The smallest absolute Gasteiger partial charge is 0.156 e. The molecule has 0 saturated carbocycles. The zero-order valence-corrected chi connectivity index (χ0v) is 9.36. The number of aromatic amines is 1. The van der Waals surface area contributed by atoms with Crippen LogP contribution < -0.4 is 0 Å². The third-order valence-electron chi connectivity index (χ3n) is 2.51. The first-order valence-electron chi connectivity index (χ1n) is 4.88. The maximum atomic E-state index is 5.92. The number of hydrogen-bond acceptors (Lipinski definition) is 2. The van der Waals surface area contributed by atoms with Crippen molar-refractivity contribution < 1.29 is 0 Å². The van der Waals surface area contributed by atoms with Crippen molar-refractivity contribution >= 4 is 22.6 Å². The summed E-state index contributed by atoms with van der Waals surface area (Å²) in [5.41, 5.74) is 2.79. The van der Waals surface area contributed by atoms with Gasteiger partial charge in [-0.1, -0.05) is 11.6 Å². The molecule has 0 fully saturated rings. The van der Waals surface area contributed by atoms with Gasteiger partial charge in [-0.2, -0.15) is 5.10 Å². The number of rotatable bonds is 1. The normalized spacial score (nSPS) is 11.1. The highest BCUT2D eigenvalue weighted by atomic mass is 35.5. The number of nitrogens with one attached hydrogen (secondary N) is 1. The standard InChI is InChI=1S/C11H9ClN4/c1-16-10(4-5-13-16)11-14-8-3-2-7(12)6-9(8)15-11/h2-6H,1H3,(H,14,15). The van der Waals surface area contributed by atoms with E-state index in [9.17, 15) is 0 Å². The summed E-state index contributed by atoms with van der Waals surface area (Å²) in [7, 11) is 1.88. The van der Waals surface area contributed by atoms with E-state index >= 15 is 0 Å². The number of aryl methyl sites for hydroxylation is 1. The summed E-state index contributed by atoms with van der Waals surface area (Å²) in [5, 5.41) is 4.81. The van der Waals surface area contributed by atoms with Gasteiger partial charge in [-0.05, 0) is 24.3 Å². The fraction of sp³-hybridized carbons (Fsp3) is 0.0909. The Balaban J connectivity index is 2.23. The summed E-state index contributed by atoms with van der Waals surface area (Å²) in [6, 6.07) is 7.51. The van der Waals surface area contributed by atoms with Gasteiger partial charge in [0.1, 0.15) is 5.69 Å². The first-order chi connectivity index (χ1) is 7.74. The van der Waals surface area contributed by atoms with E-state index in [1.54, 1.807) is 10.9 Å². The Kier molecular flexibility index (Phi) is 1.97. The molecule has 3 rings (SSSR count). The molecular weight excluding hydrogens is 224 g/mol. The predicted molar refractivity (Wildman–Crippen MR) is 63.3 cm³/mol. The molecule has 80 valence electrons. The molecule has 0 bridgehead atoms. The highest BCUT2D eigenvalue weighted by Gasteiger charge is 2.08. The number of halogens is 1. The molecule has 2 aromatic heterocycles. The lowest BCUT2D eigenvalue weighted by Crippen LogP contribution is -1.94. The minimum absolute atomic E-state index is 0.702. The van der Waals surface area contributed by atoms with Gasteiger partial charge in [0.2, 0.25) is 0 Å². The first kappa shape index (κ1) is 9.42. The van der Waals surface area contributed by atoms with E-state index in [-0.39, 0.29) is 0 Å². The van der Waals surface area contributed by atoms with Crippen molar-refractivity contribution in [3.05, 3.63) is 35.5 Å². The zero-order valence-electron chi connectivity index (χ0n) is 8.61. The Bertz CT molecular complexity index is 653. The lowest BCUT2D eigenvalue weighted by atomic mass is 10.3. The second-order valence-electron chi connectivity index (χ2n) is 3.59. The molecule has 3 aromatic rings. The van der Waals surface area contributed by atoms with Crippen LogP contribution in [0.4, 0.5) is 0 Å². The van der Waals surface area contributed by atoms with E-state index in [2.05, 4.69) is 15.1 Å². The highest BCUT2D eigenvalue weighted by Crippen LogP contribution is 2.22. The minimum Gasteiger partial charge on any atom is -0.337 e. The Morgan fingerprint density at radius 1 is 1.31 bits per heavy atom. The van der Waals surface area contributed by atoms with Crippen LogP contribution in [-0.2, 0) is 7.05 Å². The van der Waals surface area contributed by atoms with Crippen molar-refractivity contribution in [2.45, 2.75) is 0 Å². The molecule has 0 spiro atoms. The molecule has 0 aliphatic heterocycles. The highest BCUT2D eigenvalue weighted by molar-refractivity contribution is 6.31. The van der Waals surface area contributed by atoms with Crippen LogP contribution in [0.1, 0.15) is 0 Å². The quantitative estimate of drug-likeness (QED) is 0.701. The number of H-pyrrole nitrogens is 1. The molecule has 0 atom stereocenters. The van der Waals surface area contributed by atoms with Gasteiger partial charge in [0.15, 0.2) is 5.82 Å². The average Bonchev–Trinajstić information content (AvgIpc) is 2.82. The number of nitrogens with zero attached hydrogens (tertiary/aromatic N) is 3. The summed E-state index contributed by atoms with van der Waals surface area (Å²) in [6.07, 6.45) is 1.75. The van der Waals surface area contributed by atoms with E-state index < -0.39 is 0 Å². The van der Waals surface area contributed by atoms with Crippen LogP contribution in [0.15, 0.2) is 30.5 Å². The zero-order chi connectivity index (χ0) is 11.1. The number of imidazole rings is 1. The minimum atomic E-state index is 0.702. The molecule has 1 N–H and O–H groups in total. The fourth-order valence-corrected chi connectivity index (χ4v) is 1.88. The molecule has 16 heavy (non-hydrogen) atoms. The summed E-state index contributed by atoms with van der Waals surface area (Å²) >= 11 is 5.92. The second-order valence-corrected chi connectivity index (χ2v) is 4.02. The van der Waals surface area contributed by atoms with E-state index in [1.165, 1.54) is 0 Å². The Labute approximate surface area is 96.9 Å². The van der Waals surface area contributed by atoms with E-state index in [0.29, 0.717) is 5.02 Å². The molecule has 2 heterocycles. The molecular formula is C11H9ClN4. The van der Waals surface area contributed by atoms with Gasteiger partial charge in [0.25, 0.3) is 0 Å². The van der Waals surface area contributed by atoms with Gasteiger partial charge in [0, 0.05) is 18.3 Å². The predicted octanol–water partition coefficient (Wildman–Crippen LogP) is 2.62. The third kappa shape index (κ3) is 1.39. The molecule has 0 unspecified atom stereocenters. The number of fused-ring (bicyclic) bond motifs is 1. The van der Waals surface area contributed by atoms with Crippen LogP contribution >= 0.6 is 11.6 Å². The van der Waals surface area contributed by atoms with E-state index in [1.807, 2.05) is 31.3 Å². The molecule has 0 aliphatic carbocycles. The molecule has 0 saturated heterocycles. The maximum absolute atomic E-state index is 5.92. The first-order valence-corrected chi connectivity index (χ1v) is 5.25. The Morgan fingerprint density at radius 2 is 2.19 bits per heavy atom. The van der Waals surface area contributed by atoms with Crippen LogP contribution in [0, 0.1) is 0 Å². The summed E-state index contributed by atoms with van der Waals surface area (Å²) in [4.78, 5) is 7.71. The van der Waals surface area contributed by atoms with Crippen molar-refractivity contribution in [1.29, 1.82) is 0 Å². The number of benzene rings is 1. The molecule has 4 nitrogen and oxygen atoms in total. The summed E-state index contributed by atoms with van der Waals surface area (Å²) < 4.78 is 1.78. The Morgan fingerprint density at radius 3 is 2.94 bits per heavy atom. The van der Waals surface area contributed by atoms with Crippen LogP contribution in [0.2, 0.25) is 5.02 Å². The van der Waals surface area contributed by atoms with E-state index in [4.69, 9.17) is 11.6 Å². The van der Waals surface area contributed by atoms with Gasteiger partial charge < -0.3 is 4.98 Å².